The third-order valence-corrected chi connectivity index (χ3v) is 4.19. The first-order valence-corrected chi connectivity index (χ1v) is 7.38. The minimum Gasteiger partial charge on any atom is -0.379 e. The number of fused-ring (bicyclic) bond motifs is 2. The monoisotopic (exact) mass is 270 g/mol. The third-order valence-electron chi connectivity index (χ3n) is 4.19. The summed E-state index contributed by atoms with van der Waals surface area (Å²) in [5.74, 6) is 0.0859. The van der Waals surface area contributed by atoms with Crippen molar-refractivity contribution in [2.45, 2.75) is 50.7 Å². The van der Waals surface area contributed by atoms with Gasteiger partial charge in [-0.3, -0.25) is 4.79 Å². The van der Waals surface area contributed by atoms with Crippen LogP contribution in [0.2, 0.25) is 0 Å². The minimum atomic E-state index is 0.0859. The fourth-order valence-corrected chi connectivity index (χ4v) is 3.07. The van der Waals surface area contributed by atoms with E-state index in [-0.39, 0.29) is 12.5 Å². The van der Waals surface area contributed by atoms with Crippen LogP contribution in [0.5, 0.6) is 0 Å². The van der Waals surface area contributed by atoms with Crippen LogP contribution in [0.3, 0.4) is 0 Å². The first-order chi connectivity index (χ1) is 9.20. The molecule has 1 amide bonds. The lowest BCUT2D eigenvalue weighted by Crippen LogP contribution is -2.49. The molecule has 5 heteroatoms. The highest BCUT2D eigenvalue weighted by atomic mass is 16.5. The Bertz CT molecular complexity index is 286. The highest BCUT2D eigenvalue weighted by Gasteiger charge is 2.36. The number of rotatable bonds is 7. The van der Waals surface area contributed by atoms with E-state index in [0.717, 1.165) is 12.8 Å². The van der Waals surface area contributed by atoms with Crippen molar-refractivity contribution in [3.05, 3.63) is 0 Å². The number of ether oxygens (including phenoxy) is 2. The van der Waals surface area contributed by atoms with Crippen molar-refractivity contribution < 1.29 is 14.3 Å². The van der Waals surface area contributed by atoms with Crippen molar-refractivity contribution in [2.24, 2.45) is 0 Å². The average molecular weight is 270 g/mol. The molecule has 0 aromatic rings. The number of nitrogens with one attached hydrogen (secondary N) is 1. The van der Waals surface area contributed by atoms with Gasteiger partial charge in [0, 0.05) is 31.8 Å². The van der Waals surface area contributed by atoms with Gasteiger partial charge in [-0.15, -0.1) is 0 Å². The van der Waals surface area contributed by atoms with E-state index in [0.29, 0.717) is 37.9 Å². The van der Waals surface area contributed by atoms with E-state index in [1.807, 2.05) is 18.9 Å². The molecule has 2 atom stereocenters. The molecule has 110 valence electrons. The molecule has 0 aromatic carbocycles. The van der Waals surface area contributed by atoms with E-state index in [1.165, 1.54) is 12.8 Å². The number of piperidine rings is 1. The topological polar surface area (TPSA) is 50.8 Å². The molecule has 2 aliphatic rings. The van der Waals surface area contributed by atoms with Gasteiger partial charge in [0.25, 0.3) is 0 Å². The Morgan fingerprint density at radius 1 is 1.21 bits per heavy atom. The van der Waals surface area contributed by atoms with E-state index in [1.54, 1.807) is 0 Å². The molecule has 2 bridgehead atoms. The van der Waals surface area contributed by atoms with Gasteiger partial charge in [-0.2, -0.15) is 0 Å². The van der Waals surface area contributed by atoms with Crippen LogP contribution in [0, 0.1) is 0 Å². The fraction of sp³-hybridized carbons (Fsp3) is 0.929. The van der Waals surface area contributed by atoms with Crippen LogP contribution >= 0.6 is 0 Å². The molecule has 2 unspecified atom stereocenters. The molecule has 2 rings (SSSR count). The summed E-state index contributed by atoms with van der Waals surface area (Å²) >= 11 is 0. The smallest absolute Gasteiger partial charge is 0.248 e. The van der Waals surface area contributed by atoms with Gasteiger partial charge in [0.05, 0.1) is 13.2 Å². The summed E-state index contributed by atoms with van der Waals surface area (Å²) in [4.78, 5) is 13.9. The van der Waals surface area contributed by atoms with Gasteiger partial charge in [-0.05, 0) is 32.6 Å². The summed E-state index contributed by atoms with van der Waals surface area (Å²) in [5, 5.41) is 3.59. The summed E-state index contributed by atoms with van der Waals surface area (Å²) in [6.07, 6.45) is 4.68. The number of likely N-dealkylation sites (N-methyl/N-ethyl adjacent to an activating group) is 1. The molecule has 0 aliphatic carbocycles. The maximum atomic E-state index is 12.0. The number of hydrogen-bond donors (Lipinski definition) is 1. The molecule has 0 aromatic heterocycles. The summed E-state index contributed by atoms with van der Waals surface area (Å²) in [6.45, 7) is 3.86. The summed E-state index contributed by atoms with van der Waals surface area (Å²) in [6, 6.07) is 1.59. The molecule has 2 heterocycles. The molecule has 19 heavy (non-hydrogen) atoms. The van der Waals surface area contributed by atoms with Gasteiger partial charge in [0.1, 0.15) is 6.61 Å². The zero-order valence-corrected chi connectivity index (χ0v) is 12.1. The first kappa shape index (κ1) is 14.8. The maximum absolute atomic E-state index is 12.0. The lowest BCUT2D eigenvalue weighted by atomic mass is 9.98. The largest absolute Gasteiger partial charge is 0.379 e. The summed E-state index contributed by atoms with van der Waals surface area (Å²) < 4.78 is 10.5. The van der Waals surface area contributed by atoms with Crippen LogP contribution in [0.4, 0.5) is 0 Å². The van der Waals surface area contributed by atoms with Crippen molar-refractivity contribution in [1.29, 1.82) is 0 Å². The van der Waals surface area contributed by atoms with Gasteiger partial charge in [0.2, 0.25) is 5.91 Å². The van der Waals surface area contributed by atoms with E-state index < -0.39 is 0 Å². The van der Waals surface area contributed by atoms with Crippen LogP contribution in [-0.2, 0) is 14.3 Å². The van der Waals surface area contributed by atoms with Crippen LogP contribution < -0.4 is 5.32 Å². The predicted octanol–water partition coefficient (Wildman–Crippen LogP) is 0.781. The number of nitrogens with zero attached hydrogens (tertiary/aromatic N) is 1. The van der Waals surface area contributed by atoms with E-state index in [2.05, 4.69) is 5.32 Å². The zero-order chi connectivity index (χ0) is 13.7. The average Bonchev–Trinajstić information content (AvgIpc) is 2.76. The molecule has 2 saturated heterocycles. The highest BCUT2D eigenvalue weighted by molar-refractivity contribution is 5.77. The first-order valence-electron chi connectivity index (χ1n) is 7.38. The van der Waals surface area contributed by atoms with Gasteiger partial charge < -0.3 is 19.7 Å². The lowest BCUT2D eigenvalue weighted by molar-refractivity contribution is -0.138. The second-order valence-electron chi connectivity index (χ2n) is 5.52. The molecule has 1 N–H and O–H groups in total. The summed E-state index contributed by atoms with van der Waals surface area (Å²) in [5.41, 5.74) is 0. The Hall–Kier alpha value is -0.650. The van der Waals surface area contributed by atoms with Crippen LogP contribution in [0.1, 0.15) is 32.6 Å². The molecule has 0 radical (unpaired) electrons. The maximum Gasteiger partial charge on any atom is 0.248 e. The SMILES string of the molecule is CCOCCOCC(=O)N(C)C1CC2CCC(C1)N2. The van der Waals surface area contributed by atoms with Crippen molar-refractivity contribution in [3.63, 3.8) is 0 Å². The number of hydrogen-bond acceptors (Lipinski definition) is 4. The van der Waals surface area contributed by atoms with E-state index >= 15 is 0 Å². The standard InChI is InChI=1S/C14H26N2O3/c1-3-18-6-7-19-10-14(17)16(2)13-8-11-4-5-12(9-13)15-11/h11-13,15H,3-10H2,1-2H3. The highest BCUT2D eigenvalue weighted by Crippen LogP contribution is 2.29. The van der Waals surface area contributed by atoms with Crippen molar-refractivity contribution in [1.82, 2.24) is 10.2 Å². The van der Waals surface area contributed by atoms with Crippen molar-refractivity contribution in [2.75, 3.05) is 33.5 Å². The molecule has 0 saturated carbocycles. The third kappa shape index (κ3) is 4.16. The van der Waals surface area contributed by atoms with E-state index in [9.17, 15) is 4.79 Å². The van der Waals surface area contributed by atoms with Crippen LogP contribution in [-0.4, -0.2) is 62.4 Å². The Kier molecular flexibility index (Phi) is 5.60. The quantitative estimate of drug-likeness (QED) is 0.695. The van der Waals surface area contributed by atoms with Gasteiger partial charge in [-0.1, -0.05) is 0 Å². The molecule has 2 fully saturated rings. The molecule has 0 spiro atoms. The van der Waals surface area contributed by atoms with Gasteiger partial charge >= 0.3 is 0 Å². The number of carbonyl (C=O) groups is 1. The lowest BCUT2D eigenvalue weighted by Gasteiger charge is -2.35. The van der Waals surface area contributed by atoms with Crippen molar-refractivity contribution in [3.8, 4) is 0 Å². The second-order valence-corrected chi connectivity index (χ2v) is 5.52. The van der Waals surface area contributed by atoms with Crippen LogP contribution in [0.25, 0.3) is 0 Å². The molecular weight excluding hydrogens is 244 g/mol. The summed E-state index contributed by atoms with van der Waals surface area (Å²) in [7, 11) is 1.91. The molecule has 5 nitrogen and oxygen atoms in total. The normalized spacial score (nSPS) is 29.5. The molecular formula is C14H26N2O3. The molecule has 2 aliphatic heterocycles. The number of amides is 1. The second kappa shape index (κ2) is 7.22. The Balaban J connectivity index is 1.67. The predicted molar refractivity (Wildman–Crippen MR) is 73.0 cm³/mol. The fourth-order valence-electron chi connectivity index (χ4n) is 3.07. The minimum absolute atomic E-state index is 0.0859. The zero-order valence-electron chi connectivity index (χ0n) is 12.1. The Labute approximate surface area is 115 Å². The van der Waals surface area contributed by atoms with Gasteiger partial charge in [-0.25, -0.2) is 0 Å². The van der Waals surface area contributed by atoms with E-state index in [4.69, 9.17) is 9.47 Å². The Morgan fingerprint density at radius 3 is 2.47 bits per heavy atom. The Morgan fingerprint density at radius 2 is 1.84 bits per heavy atom. The van der Waals surface area contributed by atoms with Crippen molar-refractivity contribution >= 4 is 5.91 Å². The number of carbonyl (C=O) groups excluding carboxylic acids is 1. The van der Waals surface area contributed by atoms with Gasteiger partial charge in [0.15, 0.2) is 0 Å². The van der Waals surface area contributed by atoms with Crippen LogP contribution in [0.15, 0.2) is 0 Å².